The van der Waals surface area contributed by atoms with E-state index in [4.69, 9.17) is 9.84 Å². The molecule has 0 amide bonds. The molecule has 0 radical (unpaired) electrons. The maximum atomic E-state index is 8.93. The van der Waals surface area contributed by atoms with Gasteiger partial charge in [0.15, 0.2) is 0 Å². The van der Waals surface area contributed by atoms with Crippen LogP contribution in [0.1, 0.15) is 32.6 Å². The van der Waals surface area contributed by atoms with Crippen molar-refractivity contribution < 1.29 is 9.84 Å². The van der Waals surface area contributed by atoms with E-state index in [-0.39, 0.29) is 5.60 Å². The van der Waals surface area contributed by atoms with E-state index in [2.05, 4.69) is 18.7 Å². The molecule has 0 aromatic rings. The number of hydrogen-bond acceptors (Lipinski definition) is 4. The first-order chi connectivity index (χ1) is 7.74. The zero-order chi connectivity index (χ0) is 11.4. The number of rotatable bonds is 4. The molecule has 2 heterocycles. The van der Waals surface area contributed by atoms with Crippen molar-refractivity contribution in [1.29, 1.82) is 0 Å². The maximum Gasteiger partial charge on any atom is 0.0790 e. The standard InChI is InChI=1S/C12H22O2S2/c1-10(2-5-13)16-11-3-6-14-12(8-11)4-7-15-9-12/h10-11,13H,2-9H2,1H3. The third kappa shape index (κ3) is 3.31. The summed E-state index contributed by atoms with van der Waals surface area (Å²) in [6.45, 7) is 3.48. The van der Waals surface area contributed by atoms with E-state index in [1.165, 1.54) is 30.8 Å². The van der Waals surface area contributed by atoms with Gasteiger partial charge in [0.05, 0.1) is 5.60 Å². The molecule has 2 rings (SSSR count). The molecule has 1 N–H and O–H groups in total. The van der Waals surface area contributed by atoms with Gasteiger partial charge < -0.3 is 9.84 Å². The monoisotopic (exact) mass is 262 g/mol. The quantitative estimate of drug-likeness (QED) is 0.843. The Balaban J connectivity index is 1.82. The Kier molecular flexibility index (Phi) is 4.89. The fourth-order valence-corrected chi connectivity index (χ4v) is 5.45. The van der Waals surface area contributed by atoms with Crippen LogP contribution < -0.4 is 0 Å². The Morgan fingerprint density at radius 2 is 2.50 bits per heavy atom. The molecule has 0 aromatic carbocycles. The van der Waals surface area contributed by atoms with Crippen LogP contribution in [-0.4, -0.2) is 45.9 Å². The molecule has 0 aromatic heterocycles. The normalized spacial score (nSPS) is 36.8. The van der Waals surface area contributed by atoms with Crippen LogP contribution in [0.25, 0.3) is 0 Å². The first kappa shape index (κ1) is 13.1. The largest absolute Gasteiger partial charge is 0.396 e. The van der Waals surface area contributed by atoms with Crippen molar-refractivity contribution in [2.24, 2.45) is 0 Å². The first-order valence-electron chi connectivity index (χ1n) is 6.22. The van der Waals surface area contributed by atoms with Crippen LogP contribution in [-0.2, 0) is 4.74 Å². The van der Waals surface area contributed by atoms with Crippen LogP contribution in [0.4, 0.5) is 0 Å². The van der Waals surface area contributed by atoms with E-state index in [9.17, 15) is 0 Å². The third-order valence-corrected chi connectivity index (χ3v) is 6.19. The number of ether oxygens (including phenoxy) is 1. The van der Waals surface area contributed by atoms with E-state index in [1.807, 2.05) is 11.8 Å². The molecule has 3 unspecified atom stereocenters. The van der Waals surface area contributed by atoms with Crippen LogP contribution in [0, 0.1) is 0 Å². The lowest BCUT2D eigenvalue weighted by Gasteiger charge is -2.38. The molecule has 0 saturated carbocycles. The minimum atomic E-state index is 0.208. The van der Waals surface area contributed by atoms with Crippen LogP contribution in [0.5, 0.6) is 0 Å². The average molecular weight is 262 g/mol. The number of thioether (sulfide) groups is 2. The van der Waals surface area contributed by atoms with Crippen LogP contribution in [0.2, 0.25) is 0 Å². The molecule has 1 spiro atoms. The highest BCUT2D eigenvalue weighted by molar-refractivity contribution is 8.00. The van der Waals surface area contributed by atoms with Crippen molar-refractivity contribution in [2.45, 2.75) is 48.7 Å². The Bertz CT molecular complexity index is 217. The second-order valence-electron chi connectivity index (χ2n) is 4.91. The van der Waals surface area contributed by atoms with Crippen molar-refractivity contribution >= 4 is 23.5 Å². The van der Waals surface area contributed by atoms with E-state index < -0.39 is 0 Å². The van der Waals surface area contributed by atoms with Gasteiger partial charge in [0.2, 0.25) is 0 Å². The van der Waals surface area contributed by atoms with E-state index in [0.717, 1.165) is 18.3 Å². The van der Waals surface area contributed by atoms with E-state index in [1.54, 1.807) is 0 Å². The molecule has 4 heteroatoms. The number of aliphatic hydroxyl groups is 1. The van der Waals surface area contributed by atoms with Gasteiger partial charge in [-0.2, -0.15) is 23.5 Å². The minimum absolute atomic E-state index is 0.208. The second-order valence-corrected chi connectivity index (χ2v) is 7.76. The average Bonchev–Trinajstić information content (AvgIpc) is 2.66. The molecule has 0 aliphatic carbocycles. The summed E-state index contributed by atoms with van der Waals surface area (Å²) < 4.78 is 6.01. The smallest absolute Gasteiger partial charge is 0.0790 e. The zero-order valence-corrected chi connectivity index (χ0v) is 11.6. The Labute approximate surface area is 107 Å². The van der Waals surface area contributed by atoms with Gasteiger partial charge in [-0.25, -0.2) is 0 Å². The Morgan fingerprint density at radius 1 is 1.62 bits per heavy atom. The minimum Gasteiger partial charge on any atom is -0.396 e. The van der Waals surface area contributed by atoms with Crippen molar-refractivity contribution in [3.8, 4) is 0 Å². The molecule has 2 saturated heterocycles. The highest BCUT2D eigenvalue weighted by atomic mass is 32.2. The van der Waals surface area contributed by atoms with Crippen LogP contribution in [0.15, 0.2) is 0 Å². The highest BCUT2D eigenvalue weighted by Crippen LogP contribution is 2.42. The molecule has 3 atom stereocenters. The van der Waals surface area contributed by atoms with Crippen molar-refractivity contribution in [1.82, 2.24) is 0 Å². The van der Waals surface area contributed by atoms with Gasteiger partial charge in [-0.1, -0.05) is 6.92 Å². The fraction of sp³-hybridized carbons (Fsp3) is 1.00. The molecular formula is C12H22O2S2. The lowest BCUT2D eigenvalue weighted by Crippen LogP contribution is -2.41. The van der Waals surface area contributed by atoms with Crippen LogP contribution >= 0.6 is 23.5 Å². The van der Waals surface area contributed by atoms with Gasteiger partial charge >= 0.3 is 0 Å². The second kappa shape index (κ2) is 5.98. The van der Waals surface area contributed by atoms with Gasteiger partial charge in [-0.3, -0.25) is 0 Å². The summed E-state index contributed by atoms with van der Waals surface area (Å²) >= 11 is 4.09. The third-order valence-electron chi connectivity index (χ3n) is 3.48. The molecule has 2 nitrogen and oxygen atoms in total. The molecule has 2 fully saturated rings. The summed E-state index contributed by atoms with van der Waals surface area (Å²) in [5.41, 5.74) is 0.208. The SMILES string of the molecule is CC(CCO)SC1CCOC2(CCSC2)C1. The zero-order valence-electron chi connectivity index (χ0n) is 9.98. The summed E-state index contributed by atoms with van der Waals surface area (Å²) in [7, 11) is 0. The first-order valence-corrected chi connectivity index (χ1v) is 8.32. The van der Waals surface area contributed by atoms with Gasteiger partial charge in [0, 0.05) is 29.5 Å². The van der Waals surface area contributed by atoms with E-state index in [0.29, 0.717) is 11.9 Å². The lowest BCUT2D eigenvalue weighted by atomic mass is 9.93. The molecule has 0 bridgehead atoms. The van der Waals surface area contributed by atoms with Gasteiger partial charge in [-0.15, -0.1) is 0 Å². The summed E-state index contributed by atoms with van der Waals surface area (Å²) in [6.07, 6.45) is 4.57. The maximum absolute atomic E-state index is 8.93. The summed E-state index contributed by atoms with van der Waals surface area (Å²) in [4.78, 5) is 0. The number of hydrogen-bond donors (Lipinski definition) is 1. The topological polar surface area (TPSA) is 29.5 Å². The molecule has 2 aliphatic heterocycles. The number of aliphatic hydroxyl groups excluding tert-OH is 1. The fourth-order valence-electron chi connectivity index (χ4n) is 2.54. The lowest BCUT2D eigenvalue weighted by molar-refractivity contribution is -0.0562. The summed E-state index contributed by atoms with van der Waals surface area (Å²) in [5, 5.41) is 10.3. The Morgan fingerprint density at radius 3 is 3.19 bits per heavy atom. The van der Waals surface area contributed by atoms with Gasteiger partial charge in [0.25, 0.3) is 0 Å². The predicted octanol–water partition coefficient (Wildman–Crippen LogP) is 2.55. The Hall–Kier alpha value is 0.620. The van der Waals surface area contributed by atoms with Gasteiger partial charge in [0.1, 0.15) is 0 Å². The molecular weight excluding hydrogens is 240 g/mol. The molecule has 16 heavy (non-hydrogen) atoms. The predicted molar refractivity (Wildman–Crippen MR) is 72.4 cm³/mol. The van der Waals surface area contributed by atoms with Crippen molar-refractivity contribution in [2.75, 3.05) is 24.7 Å². The molecule has 94 valence electrons. The van der Waals surface area contributed by atoms with E-state index >= 15 is 0 Å². The summed E-state index contributed by atoms with van der Waals surface area (Å²) in [5.74, 6) is 2.46. The van der Waals surface area contributed by atoms with Crippen molar-refractivity contribution in [3.63, 3.8) is 0 Å². The highest BCUT2D eigenvalue weighted by Gasteiger charge is 2.40. The molecule has 2 aliphatic rings. The summed E-state index contributed by atoms with van der Waals surface area (Å²) in [6, 6.07) is 0. The van der Waals surface area contributed by atoms with Crippen molar-refractivity contribution in [3.05, 3.63) is 0 Å². The van der Waals surface area contributed by atoms with Crippen LogP contribution in [0.3, 0.4) is 0 Å². The van der Waals surface area contributed by atoms with Gasteiger partial charge in [-0.05, 0) is 31.4 Å².